The number of fused-ring (bicyclic) bond motifs is 2. The molecule has 2 N–H and O–H groups in total. The van der Waals surface area contributed by atoms with Gasteiger partial charge in [-0.05, 0) is 26.3 Å². The fraction of sp³-hybridized carbons (Fsp3) is 0.562. The first-order chi connectivity index (χ1) is 12.2. The first-order valence-corrected chi connectivity index (χ1v) is 10.4. The number of carbonyl (C=O) groups is 1. The summed E-state index contributed by atoms with van der Waals surface area (Å²) in [6.07, 6.45) is 1.71. The molecule has 2 aromatic rings. The quantitative estimate of drug-likeness (QED) is 0.759. The van der Waals surface area contributed by atoms with Gasteiger partial charge >= 0.3 is 0 Å². The van der Waals surface area contributed by atoms with Crippen LogP contribution in [0.1, 0.15) is 28.3 Å². The number of aryl methyl sites for hydroxylation is 2. The summed E-state index contributed by atoms with van der Waals surface area (Å²) >= 11 is 0. The van der Waals surface area contributed by atoms with Gasteiger partial charge in [0.05, 0.1) is 24.4 Å². The fourth-order valence-corrected chi connectivity index (χ4v) is 4.69. The first kappa shape index (κ1) is 17.4. The Kier molecular flexibility index (Phi) is 4.01. The SMILES string of the molecule is Cc1cc(C)n2nc(C(=O)N[C@H]3[C@H]4CCO[C@H]4[C@@H]3NS(C)(=O)=O)cc2n1. The third-order valence-electron chi connectivity index (χ3n) is 5.00. The largest absolute Gasteiger partial charge is 0.376 e. The molecule has 0 radical (unpaired) electrons. The lowest BCUT2D eigenvalue weighted by Gasteiger charge is -2.47. The maximum atomic E-state index is 12.7. The standard InChI is InChI=1S/C16H21N5O4S/c1-8-6-9(2)21-12(17-8)7-11(19-21)16(22)18-13-10-4-5-25-15(10)14(13)20-26(3,23)24/h6-7,10,13-15,20H,4-5H2,1-3H3,(H,18,22)/t10-,13+,14-,15-/m1/s1. The van der Waals surface area contributed by atoms with Crippen LogP contribution < -0.4 is 10.0 Å². The van der Waals surface area contributed by atoms with Crippen LogP contribution in [0.25, 0.3) is 5.65 Å². The zero-order valence-corrected chi connectivity index (χ0v) is 15.6. The van der Waals surface area contributed by atoms with Gasteiger partial charge in [-0.1, -0.05) is 0 Å². The Morgan fingerprint density at radius 3 is 2.81 bits per heavy atom. The molecule has 1 saturated carbocycles. The molecule has 0 unspecified atom stereocenters. The summed E-state index contributed by atoms with van der Waals surface area (Å²) in [4.78, 5) is 17.1. The van der Waals surface area contributed by atoms with E-state index in [1.54, 1.807) is 10.6 Å². The molecule has 1 aliphatic carbocycles. The van der Waals surface area contributed by atoms with E-state index >= 15 is 0 Å². The summed E-state index contributed by atoms with van der Waals surface area (Å²) in [6.45, 7) is 4.35. The minimum Gasteiger partial charge on any atom is -0.376 e. The lowest BCUT2D eigenvalue weighted by Crippen LogP contribution is -2.70. The van der Waals surface area contributed by atoms with E-state index in [4.69, 9.17) is 4.74 Å². The third-order valence-corrected chi connectivity index (χ3v) is 5.70. The normalized spacial score (nSPS) is 28.0. The molecule has 10 heteroatoms. The molecule has 4 atom stereocenters. The van der Waals surface area contributed by atoms with Crippen molar-refractivity contribution in [2.45, 2.75) is 38.5 Å². The number of hydrogen-bond acceptors (Lipinski definition) is 6. The van der Waals surface area contributed by atoms with Crippen molar-refractivity contribution >= 4 is 21.6 Å². The number of aromatic nitrogens is 3. The number of rotatable bonds is 4. The zero-order valence-electron chi connectivity index (χ0n) is 14.8. The van der Waals surface area contributed by atoms with E-state index in [2.05, 4.69) is 20.1 Å². The van der Waals surface area contributed by atoms with Gasteiger partial charge in [0.25, 0.3) is 5.91 Å². The Balaban J connectivity index is 1.56. The smallest absolute Gasteiger partial charge is 0.272 e. The molecule has 2 fully saturated rings. The molecule has 0 aromatic carbocycles. The number of nitrogens with zero attached hydrogens (tertiary/aromatic N) is 3. The van der Waals surface area contributed by atoms with E-state index in [-0.39, 0.29) is 29.7 Å². The van der Waals surface area contributed by atoms with Gasteiger partial charge in [-0.15, -0.1) is 0 Å². The molecule has 9 nitrogen and oxygen atoms in total. The minimum atomic E-state index is -3.40. The molecule has 1 saturated heterocycles. The number of carbonyl (C=O) groups excluding carboxylic acids is 1. The van der Waals surface area contributed by atoms with Crippen molar-refractivity contribution in [2.24, 2.45) is 5.92 Å². The average Bonchev–Trinajstić information content (AvgIpc) is 3.14. The highest BCUT2D eigenvalue weighted by molar-refractivity contribution is 7.88. The highest BCUT2D eigenvalue weighted by Gasteiger charge is 2.55. The Morgan fingerprint density at radius 1 is 1.31 bits per heavy atom. The zero-order chi connectivity index (χ0) is 18.6. The van der Waals surface area contributed by atoms with Crippen molar-refractivity contribution in [1.29, 1.82) is 0 Å². The maximum absolute atomic E-state index is 12.7. The lowest BCUT2D eigenvalue weighted by molar-refractivity contribution is -0.0194. The minimum absolute atomic E-state index is 0.109. The van der Waals surface area contributed by atoms with E-state index in [1.165, 1.54) is 0 Å². The van der Waals surface area contributed by atoms with Crippen molar-refractivity contribution in [3.63, 3.8) is 0 Å². The monoisotopic (exact) mass is 379 g/mol. The first-order valence-electron chi connectivity index (χ1n) is 8.47. The molecule has 1 amide bonds. The summed E-state index contributed by atoms with van der Waals surface area (Å²) in [5.74, 6) is -0.236. The van der Waals surface area contributed by atoms with E-state index in [1.807, 2.05) is 19.9 Å². The molecule has 140 valence electrons. The van der Waals surface area contributed by atoms with Crippen molar-refractivity contribution in [1.82, 2.24) is 24.6 Å². The predicted molar refractivity (Wildman–Crippen MR) is 93.3 cm³/mol. The van der Waals surface area contributed by atoms with Gasteiger partial charge in [0, 0.05) is 30.0 Å². The van der Waals surface area contributed by atoms with Crippen LogP contribution in [0.15, 0.2) is 12.1 Å². The Morgan fingerprint density at radius 2 is 2.08 bits per heavy atom. The molecular formula is C16H21N5O4S. The number of ether oxygens (including phenoxy) is 1. The summed E-state index contributed by atoms with van der Waals surface area (Å²) in [5, 5.41) is 7.24. The van der Waals surface area contributed by atoms with Gasteiger partial charge in [0.15, 0.2) is 11.3 Å². The van der Waals surface area contributed by atoms with Crippen molar-refractivity contribution in [3.8, 4) is 0 Å². The topological polar surface area (TPSA) is 115 Å². The second-order valence-corrected chi connectivity index (χ2v) is 8.82. The highest BCUT2D eigenvalue weighted by Crippen LogP contribution is 2.39. The van der Waals surface area contributed by atoms with Crippen LogP contribution in [-0.2, 0) is 14.8 Å². The predicted octanol–water partition coefficient (Wildman–Crippen LogP) is -0.219. The maximum Gasteiger partial charge on any atom is 0.272 e. The van der Waals surface area contributed by atoms with Gasteiger partial charge < -0.3 is 10.1 Å². The number of hydrogen-bond donors (Lipinski definition) is 2. The molecule has 4 rings (SSSR count). The van der Waals surface area contributed by atoms with E-state index in [0.717, 1.165) is 24.1 Å². The third kappa shape index (κ3) is 2.97. The molecule has 0 bridgehead atoms. The summed E-state index contributed by atoms with van der Waals surface area (Å²) < 4.78 is 33.0. The molecule has 2 aromatic heterocycles. The Labute approximate surface area is 151 Å². The molecular weight excluding hydrogens is 358 g/mol. The van der Waals surface area contributed by atoms with Gasteiger partial charge in [-0.2, -0.15) is 5.10 Å². The summed E-state index contributed by atoms with van der Waals surface area (Å²) in [5.41, 5.74) is 2.60. The highest BCUT2D eigenvalue weighted by atomic mass is 32.2. The molecule has 26 heavy (non-hydrogen) atoms. The van der Waals surface area contributed by atoms with Crippen molar-refractivity contribution in [3.05, 3.63) is 29.2 Å². The van der Waals surface area contributed by atoms with Crippen LogP contribution in [0.5, 0.6) is 0 Å². The molecule has 3 heterocycles. The van der Waals surface area contributed by atoms with Crippen molar-refractivity contribution in [2.75, 3.05) is 12.9 Å². The average molecular weight is 379 g/mol. The summed E-state index contributed by atoms with van der Waals surface area (Å²) in [7, 11) is -3.40. The van der Waals surface area contributed by atoms with Crippen LogP contribution in [0, 0.1) is 19.8 Å². The second-order valence-electron chi connectivity index (χ2n) is 7.04. The van der Waals surface area contributed by atoms with E-state index < -0.39 is 16.1 Å². The van der Waals surface area contributed by atoms with Crippen LogP contribution in [0.2, 0.25) is 0 Å². The number of amides is 1. The number of nitrogens with one attached hydrogen (secondary N) is 2. The molecule has 1 aliphatic heterocycles. The van der Waals surface area contributed by atoms with Gasteiger partial charge in [0.2, 0.25) is 10.0 Å². The van der Waals surface area contributed by atoms with Crippen LogP contribution in [-0.4, -0.2) is 60.0 Å². The lowest BCUT2D eigenvalue weighted by atomic mass is 9.72. The fourth-order valence-electron chi connectivity index (χ4n) is 3.91. The Bertz CT molecular complexity index is 986. The number of sulfonamides is 1. The van der Waals surface area contributed by atoms with Gasteiger partial charge in [-0.3, -0.25) is 4.79 Å². The van der Waals surface area contributed by atoms with E-state index in [9.17, 15) is 13.2 Å². The molecule has 0 spiro atoms. The van der Waals surface area contributed by atoms with Gasteiger partial charge in [-0.25, -0.2) is 22.6 Å². The van der Waals surface area contributed by atoms with Crippen LogP contribution in [0.4, 0.5) is 0 Å². The van der Waals surface area contributed by atoms with Crippen molar-refractivity contribution < 1.29 is 17.9 Å². The molecule has 2 aliphatic rings. The Hall–Kier alpha value is -2.04. The second kappa shape index (κ2) is 6.00. The van der Waals surface area contributed by atoms with E-state index in [0.29, 0.717) is 12.3 Å². The summed E-state index contributed by atoms with van der Waals surface area (Å²) in [6, 6.07) is 2.75. The van der Waals surface area contributed by atoms with Crippen LogP contribution >= 0.6 is 0 Å². The van der Waals surface area contributed by atoms with Crippen LogP contribution in [0.3, 0.4) is 0 Å². The van der Waals surface area contributed by atoms with Gasteiger partial charge in [0.1, 0.15) is 0 Å².